The van der Waals surface area contributed by atoms with Crippen LogP contribution in [0.3, 0.4) is 0 Å². The molecule has 3 aromatic rings. The highest BCUT2D eigenvalue weighted by Gasteiger charge is 2.26. The second-order valence-electron chi connectivity index (χ2n) is 6.92. The fourth-order valence-electron chi connectivity index (χ4n) is 3.35. The Morgan fingerprint density at radius 3 is 2.54 bits per heavy atom. The van der Waals surface area contributed by atoms with Crippen molar-refractivity contribution in [3.63, 3.8) is 0 Å². The summed E-state index contributed by atoms with van der Waals surface area (Å²) in [7, 11) is 0. The van der Waals surface area contributed by atoms with Crippen LogP contribution in [0.5, 0.6) is 0 Å². The summed E-state index contributed by atoms with van der Waals surface area (Å²) in [5.74, 6) is 0.777. The molecular formula is C21H21FN4O2. The number of aromatic nitrogens is 2. The number of anilines is 1. The molecule has 6 nitrogen and oxygen atoms in total. The molecule has 1 saturated heterocycles. The standard InChI is InChI=1S/C21H21FN4O2/c22-17-6-8-18(9-7-17)23-21(27)16-10-12-26(13-11-16)14-19-24-20(25-28-19)15-4-2-1-3-5-15/h1-9,16H,10-14H2,(H,23,27). The van der Waals surface area contributed by atoms with Gasteiger partial charge in [0.2, 0.25) is 17.6 Å². The third-order valence-electron chi connectivity index (χ3n) is 4.93. The first-order valence-electron chi connectivity index (χ1n) is 9.34. The molecule has 0 atom stereocenters. The van der Waals surface area contributed by atoms with Crippen LogP contribution in [-0.2, 0) is 11.3 Å². The number of carbonyl (C=O) groups is 1. The van der Waals surface area contributed by atoms with Crippen LogP contribution in [-0.4, -0.2) is 34.0 Å². The molecule has 0 radical (unpaired) electrons. The van der Waals surface area contributed by atoms with Crippen molar-refractivity contribution < 1.29 is 13.7 Å². The van der Waals surface area contributed by atoms with Crippen LogP contribution < -0.4 is 5.32 Å². The zero-order chi connectivity index (χ0) is 19.3. The predicted octanol–water partition coefficient (Wildman–Crippen LogP) is 3.73. The van der Waals surface area contributed by atoms with E-state index in [1.807, 2.05) is 30.3 Å². The summed E-state index contributed by atoms with van der Waals surface area (Å²) in [6, 6.07) is 15.5. The van der Waals surface area contributed by atoms with Gasteiger partial charge in [0.25, 0.3) is 0 Å². The van der Waals surface area contributed by atoms with Gasteiger partial charge in [-0.25, -0.2) is 4.39 Å². The number of likely N-dealkylation sites (tertiary alicyclic amines) is 1. The van der Waals surface area contributed by atoms with Crippen LogP contribution in [0.4, 0.5) is 10.1 Å². The minimum absolute atomic E-state index is 0.0181. The first-order chi connectivity index (χ1) is 13.7. The molecule has 1 aromatic heterocycles. The van der Waals surface area contributed by atoms with Gasteiger partial charge in [-0.2, -0.15) is 4.98 Å². The van der Waals surface area contributed by atoms with Gasteiger partial charge in [0.05, 0.1) is 6.54 Å². The highest BCUT2D eigenvalue weighted by atomic mass is 19.1. The van der Waals surface area contributed by atoms with Gasteiger partial charge in [0.1, 0.15) is 5.82 Å². The number of hydrogen-bond donors (Lipinski definition) is 1. The highest BCUT2D eigenvalue weighted by Crippen LogP contribution is 2.22. The topological polar surface area (TPSA) is 71.3 Å². The van der Waals surface area contributed by atoms with Crippen molar-refractivity contribution >= 4 is 11.6 Å². The first kappa shape index (κ1) is 18.3. The van der Waals surface area contributed by atoms with Crippen molar-refractivity contribution in [2.24, 2.45) is 5.92 Å². The van der Waals surface area contributed by atoms with Gasteiger partial charge in [0, 0.05) is 17.2 Å². The second kappa shape index (κ2) is 8.31. The largest absolute Gasteiger partial charge is 0.338 e. The Kier molecular flexibility index (Phi) is 5.43. The number of benzene rings is 2. The number of carbonyl (C=O) groups excluding carboxylic acids is 1. The predicted molar refractivity (Wildman–Crippen MR) is 103 cm³/mol. The number of rotatable bonds is 5. The van der Waals surface area contributed by atoms with E-state index >= 15 is 0 Å². The monoisotopic (exact) mass is 380 g/mol. The fraction of sp³-hybridized carbons (Fsp3) is 0.286. The minimum Gasteiger partial charge on any atom is -0.338 e. The van der Waals surface area contributed by atoms with Crippen molar-refractivity contribution in [3.8, 4) is 11.4 Å². The van der Waals surface area contributed by atoms with Crippen LogP contribution in [0.1, 0.15) is 18.7 Å². The Morgan fingerprint density at radius 2 is 1.82 bits per heavy atom. The second-order valence-corrected chi connectivity index (χ2v) is 6.92. The van der Waals surface area contributed by atoms with Gasteiger partial charge < -0.3 is 9.84 Å². The van der Waals surface area contributed by atoms with Gasteiger partial charge in [-0.3, -0.25) is 9.69 Å². The average molecular weight is 380 g/mol. The van der Waals surface area contributed by atoms with Crippen molar-refractivity contribution in [2.45, 2.75) is 19.4 Å². The van der Waals surface area contributed by atoms with E-state index < -0.39 is 0 Å². The SMILES string of the molecule is O=C(Nc1ccc(F)cc1)C1CCN(Cc2nc(-c3ccccc3)no2)CC1. The molecular weight excluding hydrogens is 359 g/mol. The number of hydrogen-bond acceptors (Lipinski definition) is 5. The lowest BCUT2D eigenvalue weighted by atomic mass is 9.96. The molecule has 1 aliphatic rings. The number of halogens is 1. The Bertz CT molecular complexity index is 919. The van der Waals surface area contributed by atoms with Gasteiger partial charge in [-0.05, 0) is 50.2 Å². The molecule has 1 amide bonds. The molecule has 2 aromatic carbocycles. The Labute approximate surface area is 162 Å². The fourth-order valence-corrected chi connectivity index (χ4v) is 3.35. The first-order valence-corrected chi connectivity index (χ1v) is 9.34. The molecule has 4 rings (SSSR count). The maximum Gasteiger partial charge on any atom is 0.241 e. The lowest BCUT2D eigenvalue weighted by Gasteiger charge is -2.30. The van der Waals surface area contributed by atoms with Crippen LogP contribution in [0, 0.1) is 11.7 Å². The Hall–Kier alpha value is -3.06. The zero-order valence-electron chi connectivity index (χ0n) is 15.3. The van der Waals surface area contributed by atoms with Gasteiger partial charge in [0.15, 0.2) is 0 Å². The van der Waals surface area contributed by atoms with E-state index in [2.05, 4.69) is 20.4 Å². The summed E-state index contributed by atoms with van der Waals surface area (Å²) in [5, 5.41) is 6.90. The zero-order valence-corrected chi connectivity index (χ0v) is 15.3. The van der Waals surface area contributed by atoms with Gasteiger partial charge in [-0.1, -0.05) is 35.5 Å². The number of nitrogens with one attached hydrogen (secondary N) is 1. The molecule has 0 aliphatic carbocycles. The third kappa shape index (κ3) is 4.43. The molecule has 1 N–H and O–H groups in total. The molecule has 7 heteroatoms. The molecule has 2 heterocycles. The van der Waals surface area contributed by atoms with Gasteiger partial charge >= 0.3 is 0 Å². The summed E-state index contributed by atoms with van der Waals surface area (Å²) in [5.41, 5.74) is 1.54. The number of nitrogens with zero attached hydrogens (tertiary/aromatic N) is 3. The molecule has 0 unspecified atom stereocenters. The van der Waals surface area contributed by atoms with Crippen LogP contribution in [0.25, 0.3) is 11.4 Å². The maximum absolute atomic E-state index is 13.0. The Morgan fingerprint density at radius 1 is 1.11 bits per heavy atom. The van der Waals surface area contributed by atoms with E-state index in [0.717, 1.165) is 31.5 Å². The third-order valence-corrected chi connectivity index (χ3v) is 4.93. The lowest BCUT2D eigenvalue weighted by Crippen LogP contribution is -2.37. The number of piperidine rings is 1. The summed E-state index contributed by atoms with van der Waals surface area (Å²) in [6.45, 7) is 2.14. The van der Waals surface area contributed by atoms with Crippen LogP contribution >= 0.6 is 0 Å². The smallest absolute Gasteiger partial charge is 0.241 e. The van der Waals surface area contributed by atoms with E-state index in [4.69, 9.17) is 4.52 Å². The Balaban J connectivity index is 1.28. The van der Waals surface area contributed by atoms with E-state index in [0.29, 0.717) is 23.9 Å². The quantitative estimate of drug-likeness (QED) is 0.730. The molecule has 144 valence electrons. The van der Waals surface area contributed by atoms with Crippen LogP contribution in [0.15, 0.2) is 59.1 Å². The molecule has 28 heavy (non-hydrogen) atoms. The highest BCUT2D eigenvalue weighted by molar-refractivity contribution is 5.92. The summed E-state index contributed by atoms with van der Waals surface area (Å²) >= 11 is 0. The maximum atomic E-state index is 13.0. The summed E-state index contributed by atoms with van der Waals surface area (Å²) < 4.78 is 18.3. The summed E-state index contributed by atoms with van der Waals surface area (Å²) in [6.07, 6.45) is 1.51. The summed E-state index contributed by atoms with van der Waals surface area (Å²) in [4.78, 5) is 19.1. The average Bonchev–Trinajstić information content (AvgIpc) is 3.19. The lowest BCUT2D eigenvalue weighted by molar-refractivity contribution is -0.121. The van der Waals surface area contributed by atoms with Crippen molar-refractivity contribution in [1.82, 2.24) is 15.0 Å². The normalized spacial score (nSPS) is 15.5. The molecule has 0 bridgehead atoms. The van der Waals surface area contributed by atoms with Gasteiger partial charge in [-0.15, -0.1) is 0 Å². The number of amides is 1. The molecule has 1 fully saturated rings. The van der Waals surface area contributed by atoms with E-state index in [1.54, 1.807) is 12.1 Å². The van der Waals surface area contributed by atoms with Crippen molar-refractivity contribution in [3.05, 3.63) is 66.3 Å². The van der Waals surface area contributed by atoms with E-state index in [9.17, 15) is 9.18 Å². The van der Waals surface area contributed by atoms with E-state index in [-0.39, 0.29) is 17.6 Å². The molecule has 0 spiro atoms. The molecule has 1 aliphatic heterocycles. The van der Waals surface area contributed by atoms with Crippen LogP contribution in [0.2, 0.25) is 0 Å². The minimum atomic E-state index is -0.317. The van der Waals surface area contributed by atoms with Crippen molar-refractivity contribution in [2.75, 3.05) is 18.4 Å². The van der Waals surface area contributed by atoms with Crippen molar-refractivity contribution in [1.29, 1.82) is 0 Å². The molecule has 0 saturated carbocycles. The van der Waals surface area contributed by atoms with E-state index in [1.165, 1.54) is 12.1 Å².